The molecule has 0 aromatic carbocycles. The molecule has 3 heterocycles. The molecule has 0 fully saturated rings. The van der Waals surface area contributed by atoms with Gasteiger partial charge in [-0.05, 0) is 48.4 Å². The summed E-state index contributed by atoms with van der Waals surface area (Å²) in [6.45, 7) is 2.08. The summed E-state index contributed by atoms with van der Waals surface area (Å²) >= 11 is 0. The molecule has 3 rings (SSSR count). The van der Waals surface area contributed by atoms with E-state index >= 15 is 0 Å². The summed E-state index contributed by atoms with van der Waals surface area (Å²) in [5.41, 5.74) is 3.50. The summed E-state index contributed by atoms with van der Waals surface area (Å²) < 4.78 is 4.11. The Morgan fingerprint density at radius 3 is 2.67 bits per heavy atom. The molecular weight excluding hydrogens is 258 g/mol. The normalized spacial score (nSPS) is 11.1. The van der Waals surface area contributed by atoms with Gasteiger partial charge in [-0.25, -0.2) is 9.55 Å². The third-order valence-corrected chi connectivity index (χ3v) is 3.38. The predicted octanol–water partition coefficient (Wildman–Crippen LogP) is 3.18. The van der Waals surface area contributed by atoms with Gasteiger partial charge in [0.2, 0.25) is 0 Å². The van der Waals surface area contributed by atoms with Crippen LogP contribution in [0, 0.1) is 6.92 Å². The van der Waals surface area contributed by atoms with E-state index in [0.29, 0.717) is 0 Å². The highest BCUT2D eigenvalue weighted by Crippen LogP contribution is 2.14. The highest BCUT2D eigenvalue weighted by atomic mass is 15.0. The van der Waals surface area contributed by atoms with Crippen molar-refractivity contribution in [2.45, 2.75) is 6.92 Å². The molecule has 0 amide bonds. The molecular formula is C18H18N3+. The average molecular weight is 276 g/mol. The van der Waals surface area contributed by atoms with Crippen molar-refractivity contribution in [3.8, 4) is 5.82 Å². The second kappa shape index (κ2) is 5.75. The minimum atomic E-state index is 0.944. The largest absolute Gasteiger partial charge is 0.302 e. The number of hydrogen-bond donors (Lipinski definition) is 0. The van der Waals surface area contributed by atoms with E-state index in [1.165, 1.54) is 11.1 Å². The first-order chi connectivity index (χ1) is 10.2. The van der Waals surface area contributed by atoms with Crippen LogP contribution in [-0.2, 0) is 7.05 Å². The predicted molar refractivity (Wildman–Crippen MR) is 84.8 cm³/mol. The molecule has 104 valence electrons. The van der Waals surface area contributed by atoms with Crippen LogP contribution in [0.5, 0.6) is 0 Å². The van der Waals surface area contributed by atoms with Gasteiger partial charge in [-0.3, -0.25) is 0 Å². The summed E-state index contributed by atoms with van der Waals surface area (Å²) in [5.74, 6) is 0.944. The number of nitrogens with zero attached hydrogens (tertiary/aromatic N) is 3. The third kappa shape index (κ3) is 3.08. The molecule has 0 aliphatic heterocycles. The van der Waals surface area contributed by atoms with Crippen LogP contribution in [0.25, 0.3) is 18.0 Å². The van der Waals surface area contributed by atoms with Gasteiger partial charge in [0.25, 0.3) is 0 Å². The van der Waals surface area contributed by atoms with Crippen LogP contribution in [0.4, 0.5) is 0 Å². The molecule has 0 atom stereocenters. The zero-order valence-electron chi connectivity index (χ0n) is 12.3. The molecule has 3 heteroatoms. The maximum absolute atomic E-state index is 4.44. The van der Waals surface area contributed by atoms with Gasteiger partial charge in [0.15, 0.2) is 12.4 Å². The van der Waals surface area contributed by atoms with Crippen LogP contribution < -0.4 is 4.57 Å². The van der Waals surface area contributed by atoms with Crippen LogP contribution >= 0.6 is 0 Å². The fraction of sp³-hybridized carbons (Fsp3) is 0.111. The zero-order chi connectivity index (χ0) is 14.7. The van der Waals surface area contributed by atoms with Crippen molar-refractivity contribution >= 4 is 12.2 Å². The van der Waals surface area contributed by atoms with Crippen molar-refractivity contribution in [1.29, 1.82) is 0 Å². The van der Waals surface area contributed by atoms with Crippen LogP contribution in [0.3, 0.4) is 0 Å². The van der Waals surface area contributed by atoms with Crippen molar-refractivity contribution < 1.29 is 4.57 Å². The van der Waals surface area contributed by atoms with Crippen molar-refractivity contribution in [1.82, 2.24) is 9.55 Å². The lowest BCUT2D eigenvalue weighted by molar-refractivity contribution is -0.671. The van der Waals surface area contributed by atoms with Gasteiger partial charge in [0.1, 0.15) is 12.9 Å². The molecule has 3 aromatic heterocycles. The van der Waals surface area contributed by atoms with E-state index in [-0.39, 0.29) is 0 Å². The van der Waals surface area contributed by atoms with E-state index in [0.717, 1.165) is 11.5 Å². The lowest BCUT2D eigenvalue weighted by Crippen LogP contribution is -2.25. The van der Waals surface area contributed by atoms with Gasteiger partial charge < -0.3 is 4.57 Å². The molecule has 0 aliphatic rings. The van der Waals surface area contributed by atoms with E-state index in [1.807, 2.05) is 48.5 Å². The van der Waals surface area contributed by atoms with Gasteiger partial charge in [0, 0.05) is 30.2 Å². The summed E-state index contributed by atoms with van der Waals surface area (Å²) in [4.78, 5) is 4.44. The number of pyridine rings is 2. The highest BCUT2D eigenvalue weighted by Gasteiger charge is 2.02. The Morgan fingerprint density at radius 2 is 1.90 bits per heavy atom. The fourth-order valence-electron chi connectivity index (χ4n) is 2.20. The zero-order valence-corrected chi connectivity index (χ0v) is 12.3. The molecule has 0 aliphatic carbocycles. The number of aromatic nitrogens is 3. The van der Waals surface area contributed by atoms with Gasteiger partial charge in [-0.15, -0.1) is 0 Å². The minimum absolute atomic E-state index is 0.944. The van der Waals surface area contributed by atoms with Crippen LogP contribution in [0.2, 0.25) is 0 Å². The molecule has 0 spiro atoms. The van der Waals surface area contributed by atoms with Crippen LogP contribution in [-0.4, -0.2) is 9.55 Å². The fourth-order valence-corrected chi connectivity index (χ4v) is 2.20. The molecule has 0 bridgehead atoms. The Morgan fingerprint density at radius 1 is 1.10 bits per heavy atom. The number of hydrogen-bond acceptors (Lipinski definition) is 1. The van der Waals surface area contributed by atoms with Crippen molar-refractivity contribution in [3.05, 3.63) is 78.0 Å². The Balaban J connectivity index is 1.91. The van der Waals surface area contributed by atoms with Gasteiger partial charge in [-0.1, -0.05) is 6.08 Å². The third-order valence-electron chi connectivity index (χ3n) is 3.38. The summed E-state index contributed by atoms with van der Waals surface area (Å²) in [7, 11) is 2.02. The smallest absolute Gasteiger partial charge is 0.169 e. The van der Waals surface area contributed by atoms with Crippen molar-refractivity contribution in [2.75, 3.05) is 0 Å². The Bertz CT molecular complexity index is 767. The van der Waals surface area contributed by atoms with Gasteiger partial charge in [0.05, 0.1) is 0 Å². The molecule has 0 saturated carbocycles. The Labute approximate surface area is 124 Å². The molecule has 0 unspecified atom stereocenters. The molecule has 0 radical (unpaired) electrons. The molecule has 21 heavy (non-hydrogen) atoms. The lowest BCUT2D eigenvalue weighted by Gasteiger charge is -2.06. The van der Waals surface area contributed by atoms with E-state index in [4.69, 9.17) is 0 Å². The molecule has 3 aromatic rings. The number of rotatable bonds is 3. The lowest BCUT2D eigenvalue weighted by atomic mass is 10.2. The average Bonchev–Trinajstić information content (AvgIpc) is 2.95. The van der Waals surface area contributed by atoms with Crippen molar-refractivity contribution in [3.63, 3.8) is 0 Å². The standard InChI is InChI=1S/C18H18N3/c1-15-7-10-19-18(14-15)21-11-3-4-17(21)6-5-16-8-12-20(2)13-9-16/h3-14H,1-2H3/q+1. The first-order valence-corrected chi connectivity index (χ1v) is 6.96. The second-order valence-electron chi connectivity index (χ2n) is 5.12. The first-order valence-electron chi connectivity index (χ1n) is 6.96. The van der Waals surface area contributed by atoms with Gasteiger partial charge in [-0.2, -0.15) is 0 Å². The first kappa shape index (κ1) is 13.3. The Kier molecular flexibility index (Phi) is 3.65. The quantitative estimate of drug-likeness (QED) is 0.673. The maximum atomic E-state index is 4.44. The van der Waals surface area contributed by atoms with Gasteiger partial charge >= 0.3 is 0 Å². The topological polar surface area (TPSA) is 21.7 Å². The monoisotopic (exact) mass is 276 g/mol. The van der Waals surface area contributed by atoms with Crippen LogP contribution in [0.1, 0.15) is 16.8 Å². The van der Waals surface area contributed by atoms with E-state index in [1.54, 1.807) is 0 Å². The van der Waals surface area contributed by atoms with E-state index < -0.39 is 0 Å². The van der Waals surface area contributed by atoms with E-state index in [9.17, 15) is 0 Å². The summed E-state index contributed by atoms with van der Waals surface area (Å²) in [6, 6.07) is 12.4. The second-order valence-corrected chi connectivity index (χ2v) is 5.12. The van der Waals surface area contributed by atoms with Crippen molar-refractivity contribution in [2.24, 2.45) is 7.05 Å². The summed E-state index contributed by atoms with van der Waals surface area (Å²) in [6.07, 6.45) is 12.2. The Hall–Kier alpha value is -2.68. The molecule has 0 N–H and O–H groups in total. The van der Waals surface area contributed by atoms with Crippen LogP contribution in [0.15, 0.2) is 61.2 Å². The summed E-state index contributed by atoms with van der Waals surface area (Å²) in [5, 5.41) is 0. The maximum Gasteiger partial charge on any atom is 0.169 e. The molecule has 0 saturated heterocycles. The molecule has 3 nitrogen and oxygen atoms in total. The SMILES string of the molecule is Cc1ccnc(-n2cccc2/C=C/c2cc[n+](C)cc2)c1. The number of aryl methyl sites for hydroxylation is 2. The highest BCUT2D eigenvalue weighted by molar-refractivity contribution is 5.68. The van der Waals surface area contributed by atoms with E-state index in [2.05, 4.69) is 52.9 Å². The minimum Gasteiger partial charge on any atom is -0.302 e.